The van der Waals surface area contributed by atoms with E-state index in [1.54, 1.807) is 6.07 Å². The van der Waals surface area contributed by atoms with Crippen molar-refractivity contribution in [3.8, 4) is 6.07 Å². The minimum absolute atomic E-state index is 0.643. The molecule has 3 aromatic rings. The lowest BCUT2D eigenvalue weighted by Crippen LogP contribution is -1.99. The van der Waals surface area contributed by atoms with E-state index in [4.69, 9.17) is 16.9 Å². The first kappa shape index (κ1) is 12.7. The van der Waals surface area contributed by atoms with Gasteiger partial charge in [-0.2, -0.15) is 5.26 Å². The van der Waals surface area contributed by atoms with Crippen molar-refractivity contribution >= 4 is 22.6 Å². The Morgan fingerprint density at radius 1 is 1.25 bits per heavy atom. The zero-order chi connectivity index (χ0) is 14.1. The van der Waals surface area contributed by atoms with Crippen LogP contribution in [0.25, 0.3) is 11.0 Å². The number of aryl methyl sites for hydroxylation is 1. The number of halogens is 1. The number of nitrogens with zero attached hydrogens (tertiary/aromatic N) is 3. The molecule has 0 amide bonds. The summed E-state index contributed by atoms with van der Waals surface area (Å²) in [6.45, 7) is 0. The highest BCUT2D eigenvalue weighted by molar-refractivity contribution is 6.31. The summed E-state index contributed by atoms with van der Waals surface area (Å²) in [6, 6.07) is 15.4. The molecule has 0 spiro atoms. The van der Waals surface area contributed by atoms with E-state index in [-0.39, 0.29) is 0 Å². The van der Waals surface area contributed by atoms with Crippen LogP contribution in [-0.2, 0) is 13.5 Å². The third-order valence-electron chi connectivity index (χ3n) is 3.41. The van der Waals surface area contributed by atoms with Gasteiger partial charge in [0.25, 0.3) is 0 Å². The summed E-state index contributed by atoms with van der Waals surface area (Å²) in [7, 11) is 1.96. The van der Waals surface area contributed by atoms with Crippen molar-refractivity contribution in [3.05, 3.63) is 64.4 Å². The predicted octanol–water partition coefficient (Wildman–Crippen LogP) is 3.69. The summed E-state index contributed by atoms with van der Waals surface area (Å²) >= 11 is 6.19. The van der Waals surface area contributed by atoms with Gasteiger partial charge in [0.15, 0.2) is 0 Å². The molecule has 0 saturated carbocycles. The van der Waals surface area contributed by atoms with Gasteiger partial charge >= 0.3 is 0 Å². The summed E-state index contributed by atoms with van der Waals surface area (Å²) in [5.41, 5.74) is 3.55. The molecule has 0 bridgehead atoms. The molecule has 1 aromatic heterocycles. The van der Waals surface area contributed by atoms with Gasteiger partial charge < -0.3 is 4.57 Å². The fourth-order valence-corrected chi connectivity index (χ4v) is 2.48. The largest absolute Gasteiger partial charge is 0.331 e. The van der Waals surface area contributed by atoms with Crippen molar-refractivity contribution < 1.29 is 0 Å². The molecular formula is C16H12ClN3. The van der Waals surface area contributed by atoms with Crippen molar-refractivity contribution in [2.75, 3.05) is 0 Å². The van der Waals surface area contributed by atoms with Crippen molar-refractivity contribution in [1.29, 1.82) is 5.26 Å². The van der Waals surface area contributed by atoms with Crippen molar-refractivity contribution in [3.63, 3.8) is 0 Å². The van der Waals surface area contributed by atoms with Crippen LogP contribution in [-0.4, -0.2) is 9.55 Å². The second-order valence-electron chi connectivity index (χ2n) is 4.67. The molecule has 20 heavy (non-hydrogen) atoms. The molecule has 3 nitrogen and oxygen atoms in total. The molecule has 0 saturated heterocycles. The average Bonchev–Trinajstić information content (AvgIpc) is 2.77. The Kier molecular flexibility index (Phi) is 3.17. The molecule has 0 aliphatic heterocycles. The number of benzene rings is 2. The number of nitriles is 1. The Morgan fingerprint density at radius 3 is 2.80 bits per heavy atom. The van der Waals surface area contributed by atoms with E-state index < -0.39 is 0 Å². The third-order valence-corrected chi connectivity index (χ3v) is 3.78. The highest BCUT2D eigenvalue weighted by atomic mass is 35.5. The zero-order valence-corrected chi connectivity index (χ0v) is 11.7. The second kappa shape index (κ2) is 4.99. The predicted molar refractivity (Wildman–Crippen MR) is 79.7 cm³/mol. The Bertz CT molecular complexity index is 827. The number of hydrogen-bond donors (Lipinski definition) is 0. The normalized spacial score (nSPS) is 10.7. The van der Waals surface area contributed by atoms with E-state index in [1.165, 1.54) is 0 Å². The van der Waals surface area contributed by atoms with E-state index >= 15 is 0 Å². The maximum absolute atomic E-state index is 8.97. The van der Waals surface area contributed by atoms with E-state index in [2.05, 4.69) is 11.1 Å². The molecule has 4 heteroatoms. The third kappa shape index (κ3) is 2.15. The lowest BCUT2D eigenvalue weighted by molar-refractivity contribution is 0.844. The molecule has 1 heterocycles. The van der Waals surface area contributed by atoms with Gasteiger partial charge in [0.1, 0.15) is 5.82 Å². The summed E-state index contributed by atoms with van der Waals surface area (Å²) < 4.78 is 2.01. The average molecular weight is 282 g/mol. The van der Waals surface area contributed by atoms with Crippen LogP contribution in [0, 0.1) is 11.3 Å². The molecule has 0 aliphatic carbocycles. The molecule has 98 valence electrons. The quantitative estimate of drug-likeness (QED) is 0.719. The topological polar surface area (TPSA) is 41.6 Å². The molecule has 2 aromatic carbocycles. The lowest BCUT2D eigenvalue weighted by atomic mass is 10.1. The minimum Gasteiger partial charge on any atom is -0.331 e. The van der Waals surface area contributed by atoms with Crippen LogP contribution >= 0.6 is 11.6 Å². The Hall–Kier alpha value is -2.31. The fourth-order valence-electron chi connectivity index (χ4n) is 2.28. The van der Waals surface area contributed by atoms with Crippen LogP contribution in [0.1, 0.15) is 17.0 Å². The molecule has 0 atom stereocenters. The van der Waals surface area contributed by atoms with Gasteiger partial charge in [-0.25, -0.2) is 4.98 Å². The first-order valence-electron chi connectivity index (χ1n) is 6.28. The SMILES string of the molecule is Cn1c(Cc2ccccc2Cl)nc2ccc(C#N)cc21. The van der Waals surface area contributed by atoms with Crippen molar-refractivity contribution in [2.45, 2.75) is 6.42 Å². The van der Waals surface area contributed by atoms with Crippen LogP contribution in [0.5, 0.6) is 0 Å². The summed E-state index contributed by atoms with van der Waals surface area (Å²) in [4.78, 5) is 4.62. The molecule has 3 rings (SSSR count). The number of rotatable bonds is 2. The maximum atomic E-state index is 8.97. The fraction of sp³-hybridized carbons (Fsp3) is 0.125. The van der Waals surface area contributed by atoms with Crippen LogP contribution in [0.2, 0.25) is 5.02 Å². The van der Waals surface area contributed by atoms with E-state index in [9.17, 15) is 0 Å². The number of imidazole rings is 1. The molecular weight excluding hydrogens is 270 g/mol. The first-order chi connectivity index (χ1) is 9.69. The van der Waals surface area contributed by atoms with E-state index in [1.807, 2.05) is 48.0 Å². The van der Waals surface area contributed by atoms with Gasteiger partial charge in [-0.05, 0) is 29.8 Å². The molecule has 0 aliphatic rings. The maximum Gasteiger partial charge on any atom is 0.114 e. The second-order valence-corrected chi connectivity index (χ2v) is 5.08. The summed E-state index contributed by atoms with van der Waals surface area (Å²) in [5, 5.41) is 9.72. The minimum atomic E-state index is 0.643. The van der Waals surface area contributed by atoms with Gasteiger partial charge in [0.05, 0.1) is 22.7 Å². The van der Waals surface area contributed by atoms with Crippen LogP contribution < -0.4 is 0 Å². The highest BCUT2D eigenvalue weighted by Gasteiger charge is 2.10. The smallest absolute Gasteiger partial charge is 0.114 e. The van der Waals surface area contributed by atoms with Gasteiger partial charge in [0, 0.05) is 18.5 Å². The zero-order valence-electron chi connectivity index (χ0n) is 11.0. The van der Waals surface area contributed by atoms with Gasteiger partial charge in [-0.1, -0.05) is 29.8 Å². The first-order valence-corrected chi connectivity index (χ1v) is 6.65. The van der Waals surface area contributed by atoms with Crippen LogP contribution in [0.15, 0.2) is 42.5 Å². The number of aromatic nitrogens is 2. The molecule has 0 fully saturated rings. The standard InChI is InChI=1S/C16H12ClN3/c1-20-15-8-11(10-18)6-7-14(15)19-16(20)9-12-4-2-3-5-13(12)17/h2-8H,9H2,1H3. The van der Waals surface area contributed by atoms with E-state index in [0.29, 0.717) is 12.0 Å². The Balaban J connectivity index is 2.07. The Labute approximate surface area is 122 Å². The van der Waals surface area contributed by atoms with Crippen molar-refractivity contribution in [2.24, 2.45) is 7.05 Å². The van der Waals surface area contributed by atoms with E-state index in [0.717, 1.165) is 27.4 Å². The van der Waals surface area contributed by atoms with Gasteiger partial charge in [-0.3, -0.25) is 0 Å². The van der Waals surface area contributed by atoms with Crippen molar-refractivity contribution in [1.82, 2.24) is 9.55 Å². The highest BCUT2D eigenvalue weighted by Crippen LogP contribution is 2.22. The Morgan fingerprint density at radius 2 is 2.05 bits per heavy atom. The molecule has 0 radical (unpaired) electrons. The molecule has 0 N–H and O–H groups in total. The lowest BCUT2D eigenvalue weighted by Gasteiger charge is -2.04. The van der Waals surface area contributed by atoms with Gasteiger partial charge in [-0.15, -0.1) is 0 Å². The number of hydrogen-bond acceptors (Lipinski definition) is 2. The summed E-state index contributed by atoms with van der Waals surface area (Å²) in [6.07, 6.45) is 0.673. The van der Waals surface area contributed by atoms with Crippen LogP contribution in [0.4, 0.5) is 0 Å². The van der Waals surface area contributed by atoms with Gasteiger partial charge in [0.2, 0.25) is 0 Å². The summed E-state index contributed by atoms with van der Waals surface area (Å²) in [5.74, 6) is 0.934. The van der Waals surface area contributed by atoms with Crippen LogP contribution in [0.3, 0.4) is 0 Å². The molecule has 0 unspecified atom stereocenters. The number of fused-ring (bicyclic) bond motifs is 1. The monoisotopic (exact) mass is 281 g/mol.